The molecule has 6 rings (SSSR count). The summed E-state index contributed by atoms with van der Waals surface area (Å²) in [4.78, 5) is 4.74. The molecule has 1 aliphatic heterocycles. The normalized spacial score (nSPS) is 18.4. The van der Waals surface area contributed by atoms with Crippen LogP contribution in [0.4, 0.5) is 0 Å². The fourth-order valence-corrected chi connectivity index (χ4v) is 5.34. The van der Waals surface area contributed by atoms with Gasteiger partial charge in [0, 0.05) is 25.6 Å². The molecule has 1 aromatic heterocycles. The van der Waals surface area contributed by atoms with E-state index < -0.39 is 0 Å². The van der Waals surface area contributed by atoms with E-state index in [0.29, 0.717) is 37.1 Å². The van der Waals surface area contributed by atoms with E-state index in [1.54, 1.807) is 7.11 Å². The molecule has 174 valence electrons. The standard InChI is InChI=1S/C29H24ClN3O2/c1-34-17-27-32-29-24(30)6-4-7-25(29)33(27)15-18-9-10-21-20(13-18)16-35-26-8-3-2-5-22(26)28(21)23-14-19(23)11-12-31/h2-10,13,19H,11,14-17H2,1H3. The lowest BCUT2D eigenvalue weighted by Crippen LogP contribution is -2.07. The highest BCUT2D eigenvalue weighted by atomic mass is 35.5. The van der Waals surface area contributed by atoms with Crippen LogP contribution >= 0.6 is 11.6 Å². The molecule has 2 heterocycles. The number of halogens is 1. The number of para-hydroxylation sites is 2. The first-order valence-electron chi connectivity index (χ1n) is 11.7. The number of nitriles is 1. The van der Waals surface area contributed by atoms with Crippen LogP contribution in [-0.4, -0.2) is 16.7 Å². The molecule has 0 bridgehead atoms. The van der Waals surface area contributed by atoms with E-state index in [4.69, 9.17) is 26.1 Å². The highest BCUT2D eigenvalue weighted by molar-refractivity contribution is 6.34. The number of aromatic nitrogens is 2. The van der Waals surface area contributed by atoms with Gasteiger partial charge in [-0.2, -0.15) is 5.26 Å². The molecule has 0 amide bonds. The fraction of sp³-hybridized carbons (Fsp3) is 0.241. The largest absolute Gasteiger partial charge is 0.488 e. The minimum Gasteiger partial charge on any atom is -0.488 e. The van der Waals surface area contributed by atoms with Gasteiger partial charge >= 0.3 is 0 Å². The Morgan fingerprint density at radius 2 is 2.03 bits per heavy atom. The number of allylic oxidation sites excluding steroid dienone is 1. The second-order valence-corrected chi connectivity index (χ2v) is 9.50. The van der Waals surface area contributed by atoms with Crippen LogP contribution in [0, 0.1) is 17.2 Å². The molecule has 1 aliphatic carbocycles. The Kier molecular flexibility index (Phi) is 5.56. The van der Waals surface area contributed by atoms with E-state index in [2.05, 4.69) is 41.0 Å². The molecule has 3 aromatic carbocycles. The van der Waals surface area contributed by atoms with Gasteiger partial charge in [-0.3, -0.25) is 0 Å². The third kappa shape index (κ3) is 3.89. The van der Waals surface area contributed by atoms with E-state index in [0.717, 1.165) is 45.7 Å². The third-order valence-electron chi connectivity index (χ3n) is 6.86. The first kappa shape index (κ1) is 21.9. The molecule has 1 atom stereocenters. The summed E-state index contributed by atoms with van der Waals surface area (Å²) < 4.78 is 13.9. The van der Waals surface area contributed by atoms with Crippen molar-refractivity contribution in [3.8, 4) is 11.8 Å². The number of ether oxygens (including phenoxy) is 2. The number of methoxy groups -OCH3 is 1. The van der Waals surface area contributed by atoms with E-state index in [-0.39, 0.29) is 0 Å². The summed E-state index contributed by atoms with van der Waals surface area (Å²) >= 11 is 6.43. The van der Waals surface area contributed by atoms with Crippen LogP contribution in [0.1, 0.15) is 40.9 Å². The van der Waals surface area contributed by atoms with Crippen LogP contribution in [0.3, 0.4) is 0 Å². The first-order valence-corrected chi connectivity index (χ1v) is 12.1. The van der Waals surface area contributed by atoms with Gasteiger partial charge in [0.25, 0.3) is 0 Å². The van der Waals surface area contributed by atoms with Crippen molar-refractivity contribution in [2.75, 3.05) is 7.11 Å². The van der Waals surface area contributed by atoms with Gasteiger partial charge in [-0.25, -0.2) is 4.98 Å². The van der Waals surface area contributed by atoms with Crippen molar-refractivity contribution in [2.45, 2.75) is 32.6 Å². The maximum atomic E-state index is 9.23. The summed E-state index contributed by atoms with van der Waals surface area (Å²) in [5.74, 6) is 2.08. The average Bonchev–Trinajstić information content (AvgIpc) is 3.56. The highest BCUT2D eigenvalue weighted by Crippen LogP contribution is 2.50. The average molecular weight is 482 g/mol. The molecule has 4 aromatic rings. The van der Waals surface area contributed by atoms with Crippen molar-refractivity contribution in [3.63, 3.8) is 0 Å². The Balaban J connectivity index is 1.43. The Bertz CT molecular complexity index is 1530. The number of benzene rings is 3. The van der Waals surface area contributed by atoms with Crippen LogP contribution < -0.4 is 4.74 Å². The van der Waals surface area contributed by atoms with Crippen LogP contribution in [-0.2, 0) is 24.5 Å². The van der Waals surface area contributed by atoms with Crippen molar-refractivity contribution >= 4 is 28.2 Å². The van der Waals surface area contributed by atoms with Gasteiger partial charge in [-0.05, 0) is 58.9 Å². The predicted octanol–water partition coefficient (Wildman–Crippen LogP) is 6.51. The summed E-state index contributed by atoms with van der Waals surface area (Å²) in [5.41, 5.74) is 9.00. The van der Waals surface area contributed by atoms with Crippen molar-refractivity contribution in [3.05, 3.63) is 99.3 Å². The number of rotatable bonds is 5. The molecule has 0 N–H and O–H groups in total. The Morgan fingerprint density at radius 3 is 2.89 bits per heavy atom. The van der Waals surface area contributed by atoms with Gasteiger partial charge in [0.1, 0.15) is 30.3 Å². The molecule has 0 spiro atoms. The second-order valence-electron chi connectivity index (χ2n) is 9.09. The SMILES string of the molecule is COCc1nc2c(Cl)cccc2n1Cc1ccc2c(c1)COc1ccccc1C2=C1CC1CC#N. The molecule has 1 fully saturated rings. The summed E-state index contributed by atoms with van der Waals surface area (Å²) in [6.45, 7) is 1.56. The van der Waals surface area contributed by atoms with E-state index in [1.165, 1.54) is 16.7 Å². The molecule has 2 aliphatic rings. The molecule has 5 nitrogen and oxygen atoms in total. The van der Waals surface area contributed by atoms with Gasteiger partial charge in [-0.1, -0.05) is 53.6 Å². The maximum absolute atomic E-state index is 9.23. The first-order chi connectivity index (χ1) is 17.2. The van der Waals surface area contributed by atoms with Gasteiger partial charge in [0.15, 0.2) is 0 Å². The van der Waals surface area contributed by atoms with Crippen LogP contribution in [0.2, 0.25) is 5.02 Å². The van der Waals surface area contributed by atoms with E-state index in [9.17, 15) is 5.26 Å². The zero-order valence-corrected chi connectivity index (χ0v) is 20.2. The van der Waals surface area contributed by atoms with E-state index in [1.807, 2.05) is 30.3 Å². The Morgan fingerprint density at radius 1 is 1.14 bits per heavy atom. The summed E-state index contributed by atoms with van der Waals surface area (Å²) in [7, 11) is 1.68. The second kappa shape index (κ2) is 8.88. The van der Waals surface area contributed by atoms with E-state index >= 15 is 0 Å². The van der Waals surface area contributed by atoms with Crippen LogP contribution in [0.15, 0.2) is 66.2 Å². The van der Waals surface area contributed by atoms with Gasteiger partial charge in [-0.15, -0.1) is 0 Å². The Labute approximate surface area is 209 Å². The number of imidazole rings is 1. The van der Waals surface area contributed by atoms with Crippen LogP contribution in [0.25, 0.3) is 16.6 Å². The predicted molar refractivity (Wildman–Crippen MR) is 136 cm³/mol. The lowest BCUT2D eigenvalue weighted by molar-refractivity contribution is 0.175. The number of fused-ring (bicyclic) bond motifs is 3. The molecular formula is C29H24ClN3O2. The molecule has 6 heteroatoms. The summed E-state index contributed by atoms with van der Waals surface area (Å²) in [5, 5.41) is 9.87. The Hall–Kier alpha value is -3.59. The van der Waals surface area contributed by atoms with Crippen LogP contribution in [0.5, 0.6) is 5.75 Å². The summed E-state index contributed by atoms with van der Waals surface area (Å²) in [6, 6.07) is 23.0. The smallest absolute Gasteiger partial charge is 0.136 e. The van der Waals surface area contributed by atoms with Gasteiger partial charge in [0.2, 0.25) is 0 Å². The number of hydrogen-bond donors (Lipinski definition) is 0. The van der Waals surface area contributed by atoms with Crippen molar-refractivity contribution in [1.29, 1.82) is 5.26 Å². The van der Waals surface area contributed by atoms with Gasteiger partial charge < -0.3 is 14.0 Å². The number of nitrogens with zero attached hydrogens (tertiary/aromatic N) is 3. The maximum Gasteiger partial charge on any atom is 0.136 e. The lowest BCUT2D eigenvalue weighted by atomic mass is 9.91. The molecular weight excluding hydrogens is 458 g/mol. The minimum atomic E-state index is 0.340. The van der Waals surface area contributed by atoms with Crippen molar-refractivity contribution in [2.24, 2.45) is 5.92 Å². The lowest BCUT2D eigenvalue weighted by Gasteiger charge is -2.14. The monoisotopic (exact) mass is 481 g/mol. The number of hydrogen-bond acceptors (Lipinski definition) is 4. The van der Waals surface area contributed by atoms with Gasteiger partial charge in [0.05, 0.1) is 16.6 Å². The minimum absolute atomic E-state index is 0.340. The molecule has 0 radical (unpaired) electrons. The zero-order valence-electron chi connectivity index (χ0n) is 19.4. The highest BCUT2D eigenvalue weighted by Gasteiger charge is 2.35. The van der Waals surface area contributed by atoms with Crippen molar-refractivity contribution < 1.29 is 9.47 Å². The van der Waals surface area contributed by atoms with Crippen molar-refractivity contribution in [1.82, 2.24) is 9.55 Å². The molecule has 35 heavy (non-hydrogen) atoms. The fourth-order valence-electron chi connectivity index (χ4n) is 5.13. The quantitative estimate of drug-likeness (QED) is 0.326. The third-order valence-corrected chi connectivity index (χ3v) is 7.16. The topological polar surface area (TPSA) is 60.1 Å². The summed E-state index contributed by atoms with van der Waals surface area (Å²) in [6.07, 6.45) is 1.54. The molecule has 1 saturated carbocycles. The molecule has 0 saturated heterocycles. The zero-order chi connectivity index (χ0) is 23.9. The molecule has 1 unspecified atom stereocenters.